The molecule has 0 radical (unpaired) electrons. The van der Waals surface area contributed by atoms with Gasteiger partial charge in [0.15, 0.2) is 5.78 Å². The number of rotatable bonds is 22. The molecular formula is C24H41N3O10S. The summed E-state index contributed by atoms with van der Waals surface area (Å²) in [6.45, 7) is 4.23. The Morgan fingerprint density at radius 3 is 2.26 bits per heavy atom. The molecule has 0 bridgehead atoms. The van der Waals surface area contributed by atoms with Crippen LogP contribution in [0.1, 0.15) is 52.9 Å². The highest BCUT2D eigenvalue weighted by atomic mass is 32.2. The largest absolute Gasteiger partial charge is 0.462 e. The molecule has 0 aliphatic heterocycles. The smallest absolute Gasteiger partial charge is 0.305 e. The van der Waals surface area contributed by atoms with Crippen LogP contribution in [0.2, 0.25) is 0 Å². The number of esters is 2. The predicted octanol–water partition coefficient (Wildman–Crippen LogP) is -0.740. The van der Waals surface area contributed by atoms with Crippen molar-refractivity contribution in [1.82, 2.24) is 10.6 Å². The van der Waals surface area contributed by atoms with Crippen molar-refractivity contribution in [2.75, 3.05) is 44.5 Å². The Bertz CT molecular complexity index is 781. The van der Waals surface area contributed by atoms with Crippen molar-refractivity contribution >= 4 is 47.1 Å². The van der Waals surface area contributed by atoms with Crippen LogP contribution in [0, 0.1) is 0 Å². The van der Waals surface area contributed by atoms with Crippen molar-refractivity contribution in [2.45, 2.75) is 71.1 Å². The number of carbonyl (C=O) groups excluding carboxylic acids is 6. The zero-order valence-corrected chi connectivity index (χ0v) is 23.1. The quantitative estimate of drug-likeness (QED) is 0.0951. The van der Waals surface area contributed by atoms with Gasteiger partial charge in [-0.3, -0.25) is 28.8 Å². The normalized spacial score (nSPS) is 13.1. The van der Waals surface area contributed by atoms with Crippen molar-refractivity contribution in [3.8, 4) is 0 Å². The zero-order valence-electron chi connectivity index (χ0n) is 22.3. The summed E-state index contributed by atoms with van der Waals surface area (Å²) in [5.41, 5.74) is 5.90. The Morgan fingerprint density at radius 2 is 1.66 bits per heavy atom. The van der Waals surface area contributed by atoms with Crippen LogP contribution in [0.15, 0.2) is 0 Å². The number of carbonyl (C=O) groups is 6. The second-order valence-corrected chi connectivity index (χ2v) is 9.38. The third kappa shape index (κ3) is 17.8. The van der Waals surface area contributed by atoms with Gasteiger partial charge in [0.25, 0.3) is 0 Å². The van der Waals surface area contributed by atoms with E-state index in [-0.39, 0.29) is 75.2 Å². The first-order valence-corrected chi connectivity index (χ1v) is 13.7. The Hall–Kier alpha value is -2.55. The van der Waals surface area contributed by atoms with Crippen molar-refractivity contribution in [2.24, 2.45) is 5.73 Å². The van der Waals surface area contributed by atoms with Crippen LogP contribution in [0.25, 0.3) is 0 Å². The van der Waals surface area contributed by atoms with Gasteiger partial charge in [-0.25, -0.2) is 0 Å². The highest BCUT2D eigenvalue weighted by molar-refractivity contribution is 7.99. The Balaban J connectivity index is 4.36. The lowest BCUT2D eigenvalue weighted by Crippen LogP contribution is -2.51. The number of nitrogens with one attached hydrogen (secondary N) is 2. The number of thioether (sulfide) groups is 1. The Kier molecular flexibility index (Phi) is 20.0. The molecule has 0 fully saturated rings. The van der Waals surface area contributed by atoms with Crippen LogP contribution in [0.5, 0.6) is 0 Å². The second kappa shape index (κ2) is 21.4. The van der Waals surface area contributed by atoms with Crippen LogP contribution in [-0.4, -0.2) is 103 Å². The maximum Gasteiger partial charge on any atom is 0.305 e. The minimum Gasteiger partial charge on any atom is -0.462 e. The molecule has 0 spiro atoms. The maximum atomic E-state index is 12.4. The summed E-state index contributed by atoms with van der Waals surface area (Å²) < 4.78 is 15.6. The van der Waals surface area contributed by atoms with Gasteiger partial charge in [-0.15, -0.1) is 0 Å². The van der Waals surface area contributed by atoms with Gasteiger partial charge in [-0.2, -0.15) is 11.8 Å². The van der Waals surface area contributed by atoms with Gasteiger partial charge in [0, 0.05) is 43.8 Å². The number of aliphatic hydroxyl groups excluding tert-OH is 1. The third-order valence-electron chi connectivity index (χ3n) is 4.85. The van der Waals surface area contributed by atoms with E-state index >= 15 is 0 Å². The van der Waals surface area contributed by atoms with Gasteiger partial charge in [-0.05, 0) is 13.3 Å². The molecule has 0 aliphatic carbocycles. The molecule has 0 heterocycles. The van der Waals surface area contributed by atoms with E-state index in [4.69, 9.17) is 19.9 Å². The number of hydrogen-bond acceptors (Lipinski definition) is 12. The molecule has 13 nitrogen and oxygen atoms in total. The van der Waals surface area contributed by atoms with Gasteiger partial charge in [0.05, 0.1) is 25.8 Å². The number of nitrogens with two attached hydrogens (primary N) is 1. The third-order valence-corrected chi connectivity index (χ3v) is 6.05. The summed E-state index contributed by atoms with van der Waals surface area (Å²) in [6.07, 6.45) is 0.0922. The van der Waals surface area contributed by atoms with Crippen LogP contribution in [0.3, 0.4) is 0 Å². The molecule has 0 aliphatic rings. The summed E-state index contributed by atoms with van der Waals surface area (Å²) in [6, 6.07) is -2.12. The molecule has 0 rings (SSSR count). The molecule has 38 heavy (non-hydrogen) atoms. The van der Waals surface area contributed by atoms with E-state index in [2.05, 4.69) is 10.6 Å². The molecule has 0 unspecified atom stereocenters. The van der Waals surface area contributed by atoms with Crippen molar-refractivity contribution in [1.29, 1.82) is 0 Å². The molecular weight excluding hydrogens is 522 g/mol. The molecule has 2 amide bonds. The molecule has 3 atom stereocenters. The Labute approximate surface area is 227 Å². The van der Waals surface area contributed by atoms with Crippen LogP contribution < -0.4 is 16.4 Å². The van der Waals surface area contributed by atoms with Crippen molar-refractivity contribution in [3.05, 3.63) is 0 Å². The summed E-state index contributed by atoms with van der Waals surface area (Å²) in [5.74, 6) is -1.99. The molecule has 0 aromatic heterocycles. The number of hydrogen-bond donors (Lipinski definition) is 4. The lowest BCUT2D eigenvalue weighted by Gasteiger charge is -2.20. The van der Waals surface area contributed by atoms with E-state index in [0.29, 0.717) is 6.42 Å². The summed E-state index contributed by atoms with van der Waals surface area (Å²) >= 11 is 1.22. The lowest BCUT2D eigenvalue weighted by atomic mass is 10.1. The van der Waals surface area contributed by atoms with Crippen LogP contribution in [0.4, 0.5) is 0 Å². The first kappa shape index (κ1) is 35.5. The minimum atomic E-state index is -1.12. The molecule has 14 heteroatoms. The second-order valence-electron chi connectivity index (χ2n) is 8.30. The number of aliphatic hydroxyl groups is 1. The number of ketones is 2. The number of amides is 2. The molecule has 0 aromatic rings. The van der Waals surface area contributed by atoms with Gasteiger partial charge in [0.2, 0.25) is 11.8 Å². The van der Waals surface area contributed by atoms with E-state index in [1.54, 1.807) is 13.8 Å². The first-order chi connectivity index (χ1) is 18.0. The SMILES string of the molecule is CCC(=O)OC[C@H](CSC[C@H](N)C(=O)N[C@@H](CO)C(=O)CCCOCCC(=O)NCC(C)=O)OC(=O)CC. The molecule has 0 saturated carbocycles. The maximum absolute atomic E-state index is 12.4. The summed E-state index contributed by atoms with van der Waals surface area (Å²) in [7, 11) is 0. The molecule has 5 N–H and O–H groups in total. The molecule has 0 saturated heterocycles. The van der Waals surface area contributed by atoms with Gasteiger partial charge in [0.1, 0.15) is 24.5 Å². The van der Waals surface area contributed by atoms with E-state index in [0.717, 1.165) is 0 Å². The highest BCUT2D eigenvalue weighted by Gasteiger charge is 2.24. The Morgan fingerprint density at radius 1 is 0.974 bits per heavy atom. The van der Waals surface area contributed by atoms with Gasteiger partial charge < -0.3 is 35.7 Å². The topological polar surface area (TPSA) is 200 Å². The molecule has 0 aromatic carbocycles. The number of ether oxygens (including phenoxy) is 3. The zero-order chi connectivity index (χ0) is 28.9. The van der Waals surface area contributed by atoms with Gasteiger partial charge >= 0.3 is 11.9 Å². The monoisotopic (exact) mass is 563 g/mol. The van der Waals surface area contributed by atoms with Crippen LogP contribution in [-0.2, 0) is 43.0 Å². The van der Waals surface area contributed by atoms with Crippen molar-refractivity contribution < 1.29 is 48.1 Å². The number of Topliss-reactive ketones (excluding diaryl/α,β-unsaturated/α-hetero) is 2. The summed E-state index contributed by atoms with van der Waals surface area (Å²) in [5, 5.41) is 14.4. The fourth-order valence-corrected chi connectivity index (χ4v) is 3.65. The fourth-order valence-electron chi connectivity index (χ4n) is 2.68. The average Bonchev–Trinajstić information content (AvgIpc) is 2.89. The lowest BCUT2D eigenvalue weighted by molar-refractivity contribution is -0.157. The molecule has 218 valence electrons. The highest BCUT2D eigenvalue weighted by Crippen LogP contribution is 2.10. The minimum absolute atomic E-state index is 0.0327. The first-order valence-electron chi connectivity index (χ1n) is 12.5. The standard InChI is InChI=1S/C24H41N3O10S/c1-4-22(32)36-13-17(37-23(33)5-2)14-38-15-18(25)24(34)27-19(12-28)20(30)7-6-9-35-10-8-21(31)26-11-16(3)29/h17-19,28H,4-15,25H2,1-3H3,(H,26,31)(H,27,34)/t17-,18+,19+/m1/s1. The van der Waals surface area contributed by atoms with Crippen molar-refractivity contribution in [3.63, 3.8) is 0 Å². The average molecular weight is 564 g/mol. The van der Waals surface area contributed by atoms with Gasteiger partial charge in [-0.1, -0.05) is 13.8 Å². The predicted molar refractivity (Wildman–Crippen MR) is 139 cm³/mol. The van der Waals surface area contributed by atoms with E-state index in [9.17, 15) is 33.9 Å². The fraction of sp³-hybridized carbons (Fsp3) is 0.750. The van der Waals surface area contributed by atoms with E-state index < -0.39 is 48.4 Å². The summed E-state index contributed by atoms with van der Waals surface area (Å²) in [4.78, 5) is 70.0. The van der Waals surface area contributed by atoms with Crippen LogP contribution >= 0.6 is 11.8 Å². The van der Waals surface area contributed by atoms with E-state index in [1.165, 1.54) is 18.7 Å². The van der Waals surface area contributed by atoms with E-state index in [1.807, 2.05) is 0 Å².